The summed E-state index contributed by atoms with van der Waals surface area (Å²) in [6.45, 7) is 1.27. The van der Waals surface area contributed by atoms with Gasteiger partial charge in [0.15, 0.2) is 0 Å². The molecule has 1 amide bonds. The molecule has 1 saturated heterocycles. The average molecular weight is 354 g/mol. The number of nitrogens with zero attached hydrogens (tertiary/aromatic N) is 4. The number of likely N-dealkylation sites (tertiary alicyclic amines) is 1. The second-order valence-corrected chi connectivity index (χ2v) is 8.84. The van der Waals surface area contributed by atoms with E-state index in [-0.39, 0.29) is 18.0 Å². The third kappa shape index (κ3) is 3.64. The maximum absolute atomic E-state index is 12.6. The second kappa shape index (κ2) is 6.84. The topological polar surface area (TPSA) is 75.5 Å². The van der Waals surface area contributed by atoms with Crippen LogP contribution in [0.3, 0.4) is 0 Å². The van der Waals surface area contributed by atoms with Gasteiger partial charge in [0.25, 0.3) is 5.91 Å². The molecule has 1 saturated carbocycles. The van der Waals surface area contributed by atoms with E-state index in [2.05, 4.69) is 5.10 Å². The fourth-order valence-electron chi connectivity index (χ4n) is 3.73. The number of carbonyl (C=O) groups is 1. The highest BCUT2D eigenvalue weighted by Gasteiger charge is 2.37. The molecule has 134 valence electrons. The van der Waals surface area contributed by atoms with E-state index in [0.29, 0.717) is 25.1 Å². The minimum Gasteiger partial charge on any atom is -0.338 e. The zero-order valence-electron chi connectivity index (χ0n) is 14.4. The fraction of sp³-hybridized carbons (Fsp3) is 0.750. The van der Waals surface area contributed by atoms with Crippen molar-refractivity contribution in [3.05, 3.63) is 18.0 Å². The summed E-state index contributed by atoms with van der Waals surface area (Å²) < 4.78 is 27.9. The normalized spacial score (nSPS) is 23.1. The molecule has 1 unspecified atom stereocenters. The van der Waals surface area contributed by atoms with Gasteiger partial charge in [-0.25, -0.2) is 8.42 Å². The molecule has 1 aliphatic carbocycles. The lowest BCUT2D eigenvalue weighted by Crippen LogP contribution is -2.50. The molecule has 24 heavy (non-hydrogen) atoms. The zero-order valence-corrected chi connectivity index (χ0v) is 15.2. The Morgan fingerprint density at radius 2 is 1.83 bits per heavy atom. The van der Waals surface area contributed by atoms with Gasteiger partial charge in [0.2, 0.25) is 10.0 Å². The SMILES string of the molecule is Cn1cc(C(=O)N2CCCC(N(C3CCC3)S(C)(=O)=O)CC2)cn1. The Kier molecular flexibility index (Phi) is 4.96. The summed E-state index contributed by atoms with van der Waals surface area (Å²) in [5, 5.41) is 4.05. The van der Waals surface area contributed by atoms with Gasteiger partial charge in [-0.15, -0.1) is 0 Å². The molecular formula is C16H26N4O3S. The molecule has 1 aromatic rings. The van der Waals surface area contributed by atoms with Gasteiger partial charge in [-0.2, -0.15) is 9.40 Å². The quantitative estimate of drug-likeness (QED) is 0.815. The van der Waals surface area contributed by atoms with Crippen LogP contribution in [-0.2, 0) is 17.1 Å². The number of aryl methyl sites for hydroxylation is 1. The van der Waals surface area contributed by atoms with Crippen LogP contribution in [0.5, 0.6) is 0 Å². The van der Waals surface area contributed by atoms with E-state index in [1.54, 1.807) is 28.4 Å². The highest BCUT2D eigenvalue weighted by Crippen LogP contribution is 2.32. The van der Waals surface area contributed by atoms with Crippen molar-refractivity contribution in [1.29, 1.82) is 0 Å². The number of carbonyl (C=O) groups excluding carboxylic acids is 1. The predicted molar refractivity (Wildman–Crippen MR) is 91.1 cm³/mol. The Morgan fingerprint density at radius 1 is 1.17 bits per heavy atom. The number of rotatable bonds is 4. The van der Waals surface area contributed by atoms with Crippen molar-refractivity contribution >= 4 is 15.9 Å². The van der Waals surface area contributed by atoms with Crippen molar-refractivity contribution in [2.45, 2.75) is 50.6 Å². The van der Waals surface area contributed by atoms with Crippen molar-refractivity contribution in [2.24, 2.45) is 7.05 Å². The summed E-state index contributed by atoms with van der Waals surface area (Å²) in [5.74, 6) is -0.0155. The maximum atomic E-state index is 12.6. The van der Waals surface area contributed by atoms with Crippen LogP contribution < -0.4 is 0 Å². The van der Waals surface area contributed by atoms with Crippen LogP contribution in [0.1, 0.15) is 48.9 Å². The van der Waals surface area contributed by atoms with E-state index in [4.69, 9.17) is 0 Å². The van der Waals surface area contributed by atoms with E-state index in [1.807, 2.05) is 4.90 Å². The molecule has 2 fully saturated rings. The molecular weight excluding hydrogens is 328 g/mol. The predicted octanol–water partition coefficient (Wildman–Crippen LogP) is 1.23. The first-order valence-electron chi connectivity index (χ1n) is 8.62. The monoisotopic (exact) mass is 354 g/mol. The standard InChI is InChI=1S/C16H26N4O3S/c1-18-12-13(11-17-18)16(21)19-9-4-7-15(8-10-19)20(24(2,22)23)14-5-3-6-14/h11-12,14-15H,3-10H2,1-2H3. The molecule has 2 heterocycles. The largest absolute Gasteiger partial charge is 0.338 e. The smallest absolute Gasteiger partial charge is 0.257 e. The van der Waals surface area contributed by atoms with Crippen molar-refractivity contribution < 1.29 is 13.2 Å². The summed E-state index contributed by atoms with van der Waals surface area (Å²) in [7, 11) is -1.42. The van der Waals surface area contributed by atoms with E-state index in [1.165, 1.54) is 6.26 Å². The van der Waals surface area contributed by atoms with E-state index < -0.39 is 10.0 Å². The maximum Gasteiger partial charge on any atom is 0.257 e. The fourth-order valence-corrected chi connectivity index (χ4v) is 5.24. The Morgan fingerprint density at radius 3 is 2.38 bits per heavy atom. The molecule has 0 spiro atoms. The summed E-state index contributed by atoms with van der Waals surface area (Å²) in [5.41, 5.74) is 0.593. The summed E-state index contributed by atoms with van der Waals surface area (Å²) in [4.78, 5) is 14.4. The van der Waals surface area contributed by atoms with Gasteiger partial charge in [-0.1, -0.05) is 6.42 Å². The lowest BCUT2D eigenvalue weighted by molar-refractivity contribution is 0.0757. The second-order valence-electron chi connectivity index (χ2n) is 6.96. The molecule has 0 N–H and O–H groups in total. The summed E-state index contributed by atoms with van der Waals surface area (Å²) in [6.07, 6.45) is 10.0. The van der Waals surface area contributed by atoms with Crippen LogP contribution in [0.15, 0.2) is 12.4 Å². The van der Waals surface area contributed by atoms with E-state index in [9.17, 15) is 13.2 Å². The Hall–Kier alpha value is -1.41. The van der Waals surface area contributed by atoms with Gasteiger partial charge in [0.05, 0.1) is 18.0 Å². The third-order valence-corrected chi connectivity index (χ3v) is 6.48. The first-order valence-corrected chi connectivity index (χ1v) is 10.5. The van der Waals surface area contributed by atoms with Gasteiger partial charge in [0.1, 0.15) is 0 Å². The zero-order chi connectivity index (χ0) is 17.3. The van der Waals surface area contributed by atoms with Gasteiger partial charge >= 0.3 is 0 Å². The van der Waals surface area contributed by atoms with Crippen molar-refractivity contribution in [2.75, 3.05) is 19.3 Å². The molecule has 8 heteroatoms. The van der Waals surface area contributed by atoms with Crippen LogP contribution in [-0.4, -0.2) is 64.7 Å². The summed E-state index contributed by atoms with van der Waals surface area (Å²) >= 11 is 0. The Bertz CT molecular complexity index is 696. The minimum absolute atomic E-state index is 0.0111. The first-order chi connectivity index (χ1) is 11.4. The van der Waals surface area contributed by atoms with Gasteiger partial charge in [-0.05, 0) is 32.1 Å². The Balaban J connectivity index is 1.69. The minimum atomic E-state index is -3.21. The lowest BCUT2D eigenvalue weighted by atomic mass is 9.91. The molecule has 0 bridgehead atoms. The molecule has 3 rings (SSSR count). The van der Waals surface area contributed by atoms with Crippen LogP contribution >= 0.6 is 0 Å². The molecule has 7 nitrogen and oxygen atoms in total. The van der Waals surface area contributed by atoms with Crippen molar-refractivity contribution in [1.82, 2.24) is 19.0 Å². The van der Waals surface area contributed by atoms with E-state index in [0.717, 1.165) is 32.1 Å². The molecule has 1 aromatic heterocycles. The van der Waals surface area contributed by atoms with Crippen LogP contribution in [0.4, 0.5) is 0 Å². The molecule has 1 aliphatic heterocycles. The third-order valence-electron chi connectivity index (χ3n) is 5.11. The lowest BCUT2D eigenvalue weighted by Gasteiger charge is -2.40. The molecule has 2 aliphatic rings. The van der Waals surface area contributed by atoms with Crippen molar-refractivity contribution in [3.63, 3.8) is 0 Å². The van der Waals surface area contributed by atoms with Gasteiger partial charge < -0.3 is 4.90 Å². The van der Waals surface area contributed by atoms with Crippen molar-refractivity contribution in [3.8, 4) is 0 Å². The molecule has 0 radical (unpaired) electrons. The molecule has 0 aromatic carbocycles. The first kappa shape index (κ1) is 17.4. The number of sulfonamides is 1. The van der Waals surface area contributed by atoms with Crippen LogP contribution in [0.25, 0.3) is 0 Å². The highest BCUT2D eigenvalue weighted by molar-refractivity contribution is 7.88. The number of hydrogen-bond acceptors (Lipinski definition) is 4. The number of aromatic nitrogens is 2. The Labute approximate surface area is 143 Å². The van der Waals surface area contributed by atoms with Gasteiger partial charge in [-0.3, -0.25) is 9.48 Å². The van der Waals surface area contributed by atoms with Crippen LogP contribution in [0.2, 0.25) is 0 Å². The average Bonchev–Trinajstić information content (AvgIpc) is 2.75. The van der Waals surface area contributed by atoms with E-state index >= 15 is 0 Å². The van der Waals surface area contributed by atoms with Gasteiger partial charge in [0, 0.05) is 38.4 Å². The summed E-state index contributed by atoms with van der Waals surface area (Å²) in [6, 6.07) is 0.169. The molecule has 1 atom stereocenters. The number of hydrogen-bond donors (Lipinski definition) is 0. The van der Waals surface area contributed by atoms with Crippen LogP contribution in [0, 0.1) is 0 Å². The number of amides is 1. The highest BCUT2D eigenvalue weighted by atomic mass is 32.2.